The maximum Gasteiger partial charge on any atom is 0.285 e. The Labute approximate surface area is 128 Å². The zero-order chi connectivity index (χ0) is 16.9. The van der Waals surface area contributed by atoms with Gasteiger partial charge in [0.2, 0.25) is 0 Å². The first kappa shape index (κ1) is 18.0. The van der Waals surface area contributed by atoms with Crippen molar-refractivity contribution >= 4 is 11.6 Å². The van der Waals surface area contributed by atoms with E-state index in [0.29, 0.717) is 18.4 Å². The smallest absolute Gasteiger partial charge is 0.285 e. The minimum absolute atomic E-state index is 0.0346. The van der Waals surface area contributed by atoms with Crippen LogP contribution in [0.3, 0.4) is 0 Å². The topological polar surface area (TPSA) is 92.5 Å². The molecule has 1 aromatic carbocycles. The molecule has 1 atom stereocenters. The highest BCUT2D eigenvalue weighted by Crippen LogP contribution is 2.20. The summed E-state index contributed by atoms with van der Waals surface area (Å²) in [7, 11) is 0. The molecule has 0 spiro atoms. The molecule has 0 saturated heterocycles. The Hall–Kier alpha value is -2.02. The van der Waals surface area contributed by atoms with Crippen molar-refractivity contribution in [1.82, 2.24) is 5.32 Å². The minimum Gasteiger partial charge on any atom is -0.388 e. The van der Waals surface area contributed by atoms with Gasteiger partial charge in [0.05, 0.1) is 16.6 Å². The molecule has 0 aliphatic carbocycles. The number of nitro benzene ring substituents is 1. The lowest BCUT2D eigenvalue weighted by Crippen LogP contribution is -2.41. The number of carbonyl (C=O) groups excluding carboxylic acids is 1. The van der Waals surface area contributed by atoms with Crippen LogP contribution in [0.1, 0.15) is 44.0 Å². The molecule has 122 valence electrons. The van der Waals surface area contributed by atoms with E-state index in [1.54, 1.807) is 6.92 Å². The number of carbonyl (C=O) groups is 1. The summed E-state index contributed by atoms with van der Waals surface area (Å²) in [4.78, 5) is 22.1. The summed E-state index contributed by atoms with van der Waals surface area (Å²) in [6, 6.07) is 2.75. The van der Waals surface area contributed by atoms with E-state index in [-0.39, 0.29) is 12.1 Å². The lowest BCUT2D eigenvalue weighted by atomic mass is 9.95. The maximum absolute atomic E-state index is 13.0. The van der Waals surface area contributed by atoms with E-state index in [0.717, 1.165) is 18.6 Å². The lowest BCUT2D eigenvalue weighted by Gasteiger charge is -2.24. The highest BCUT2D eigenvalue weighted by atomic mass is 19.1. The number of nitrogens with zero attached hydrogens (tertiary/aromatic N) is 1. The number of nitrogens with one attached hydrogen (secondary N) is 1. The monoisotopic (exact) mass is 312 g/mol. The number of amides is 1. The number of nitro groups is 1. The molecule has 22 heavy (non-hydrogen) atoms. The molecule has 0 aliphatic heterocycles. The van der Waals surface area contributed by atoms with Gasteiger partial charge in [-0.3, -0.25) is 14.9 Å². The van der Waals surface area contributed by atoms with Gasteiger partial charge in [0, 0.05) is 6.54 Å². The van der Waals surface area contributed by atoms with Crippen LogP contribution in [-0.2, 0) is 0 Å². The fourth-order valence-electron chi connectivity index (χ4n) is 1.90. The van der Waals surface area contributed by atoms with Gasteiger partial charge in [0.25, 0.3) is 11.6 Å². The largest absolute Gasteiger partial charge is 0.388 e. The third kappa shape index (κ3) is 5.40. The van der Waals surface area contributed by atoms with E-state index in [1.165, 1.54) is 0 Å². The number of hydrogen-bond acceptors (Lipinski definition) is 4. The first-order valence-corrected chi connectivity index (χ1v) is 7.07. The molecule has 0 aromatic heterocycles. The van der Waals surface area contributed by atoms with Crippen molar-refractivity contribution in [1.29, 1.82) is 0 Å². The van der Waals surface area contributed by atoms with E-state index in [1.807, 2.05) is 13.8 Å². The zero-order valence-electron chi connectivity index (χ0n) is 12.9. The van der Waals surface area contributed by atoms with Crippen molar-refractivity contribution in [3.05, 3.63) is 39.7 Å². The van der Waals surface area contributed by atoms with Gasteiger partial charge in [-0.05, 0) is 37.8 Å². The van der Waals surface area contributed by atoms with E-state index >= 15 is 0 Å². The predicted molar refractivity (Wildman–Crippen MR) is 80.1 cm³/mol. The van der Waals surface area contributed by atoms with Gasteiger partial charge in [-0.1, -0.05) is 13.8 Å². The van der Waals surface area contributed by atoms with Crippen LogP contribution >= 0.6 is 0 Å². The Kier molecular flexibility index (Phi) is 5.99. The van der Waals surface area contributed by atoms with Crippen molar-refractivity contribution in [2.75, 3.05) is 6.54 Å². The highest BCUT2D eigenvalue weighted by Gasteiger charge is 2.25. The normalized spacial score (nSPS) is 13.7. The molecule has 6 nitrogen and oxygen atoms in total. The summed E-state index contributed by atoms with van der Waals surface area (Å²) in [5.74, 6) is -1.08. The molecule has 1 rings (SSSR count). The fraction of sp³-hybridized carbons (Fsp3) is 0.533. The van der Waals surface area contributed by atoms with Crippen LogP contribution in [0, 0.1) is 21.8 Å². The molecule has 2 N–H and O–H groups in total. The summed E-state index contributed by atoms with van der Waals surface area (Å²) in [6.07, 6.45) is 1.29. The highest BCUT2D eigenvalue weighted by molar-refractivity contribution is 5.98. The summed E-state index contributed by atoms with van der Waals surface area (Å²) in [6.45, 7) is 5.61. The zero-order valence-corrected chi connectivity index (χ0v) is 12.9. The standard InChI is InChI=1S/C15H21FN2O4/c1-10(2)6-7-15(3,20)9-17-14(19)12-5-4-11(16)8-13(12)18(21)22/h4-5,8,10,20H,6-7,9H2,1-3H3,(H,17,19). The summed E-state index contributed by atoms with van der Waals surface area (Å²) < 4.78 is 13.0. The predicted octanol–water partition coefficient (Wildman–Crippen LogP) is 2.65. The molecule has 0 heterocycles. The van der Waals surface area contributed by atoms with Crippen LogP contribution in [0.2, 0.25) is 0 Å². The average Bonchev–Trinajstić information content (AvgIpc) is 2.42. The van der Waals surface area contributed by atoms with E-state index < -0.39 is 27.9 Å². The first-order valence-electron chi connectivity index (χ1n) is 7.07. The SMILES string of the molecule is CC(C)CCC(C)(O)CNC(=O)c1ccc(F)cc1[N+](=O)[O-]. The maximum atomic E-state index is 13.0. The van der Waals surface area contributed by atoms with Crippen LogP contribution < -0.4 is 5.32 Å². The van der Waals surface area contributed by atoms with Crippen LogP contribution in [-0.4, -0.2) is 28.1 Å². The number of halogens is 1. The third-order valence-corrected chi connectivity index (χ3v) is 3.29. The summed E-state index contributed by atoms with van der Waals surface area (Å²) in [5.41, 5.74) is -1.93. The summed E-state index contributed by atoms with van der Waals surface area (Å²) >= 11 is 0. The van der Waals surface area contributed by atoms with Crippen LogP contribution in [0.5, 0.6) is 0 Å². The second-order valence-electron chi connectivity index (χ2n) is 6.03. The van der Waals surface area contributed by atoms with E-state index in [9.17, 15) is 24.4 Å². The van der Waals surface area contributed by atoms with Gasteiger partial charge in [-0.25, -0.2) is 4.39 Å². The summed E-state index contributed by atoms with van der Waals surface area (Å²) in [5, 5.41) is 23.5. The second-order valence-corrected chi connectivity index (χ2v) is 6.03. The van der Waals surface area contributed by atoms with Crippen LogP contribution in [0.25, 0.3) is 0 Å². The first-order chi connectivity index (χ1) is 10.1. The lowest BCUT2D eigenvalue weighted by molar-refractivity contribution is -0.385. The van der Waals surface area contributed by atoms with Crippen molar-refractivity contribution in [3.8, 4) is 0 Å². The van der Waals surface area contributed by atoms with Crippen LogP contribution in [0.15, 0.2) is 18.2 Å². The molecular formula is C15H21FN2O4. The van der Waals surface area contributed by atoms with Gasteiger partial charge in [0.1, 0.15) is 11.4 Å². The Morgan fingerprint density at radius 3 is 2.68 bits per heavy atom. The molecule has 0 bridgehead atoms. The minimum atomic E-state index is -1.10. The van der Waals surface area contributed by atoms with E-state index in [4.69, 9.17) is 0 Å². The Bertz CT molecular complexity index is 558. The molecule has 1 unspecified atom stereocenters. The molecule has 7 heteroatoms. The Balaban J connectivity index is 2.76. The van der Waals surface area contributed by atoms with Crippen LogP contribution in [0.4, 0.5) is 10.1 Å². The van der Waals surface area contributed by atoms with E-state index in [2.05, 4.69) is 5.32 Å². The molecule has 0 fully saturated rings. The molecule has 1 amide bonds. The number of benzene rings is 1. The van der Waals surface area contributed by atoms with Gasteiger partial charge in [0.15, 0.2) is 0 Å². The third-order valence-electron chi connectivity index (χ3n) is 3.29. The number of hydrogen-bond donors (Lipinski definition) is 2. The quantitative estimate of drug-likeness (QED) is 0.598. The fourth-order valence-corrected chi connectivity index (χ4v) is 1.90. The van der Waals surface area contributed by atoms with Gasteiger partial charge >= 0.3 is 0 Å². The molecule has 0 saturated carbocycles. The number of aliphatic hydroxyl groups is 1. The van der Waals surface area contributed by atoms with Gasteiger partial charge in [-0.2, -0.15) is 0 Å². The number of rotatable bonds is 7. The average molecular weight is 312 g/mol. The molecule has 0 aliphatic rings. The Morgan fingerprint density at radius 1 is 1.50 bits per heavy atom. The Morgan fingerprint density at radius 2 is 2.14 bits per heavy atom. The molecular weight excluding hydrogens is 291 g/mol. The second kappa shape index (κ2) is 7.31. The van der Waals surface area contributed by atoms with Gasteiger partial charge < -0.3 is 10.4 Å². The molecule has 1 aromatic rings. The van der Waals surface area contributed by atoms with Crippen molar-refractivity contribution < 1.29 is 19.2 Å². The van der Waals surface area contributed by atoms with Crippen molar-refractivity contribution in [3.63, 3.8) is 0 Å². The van der Waals surface area contributed by atoms with Gasteiger partial charge in [-0.15, -0.1) is 0 Å². The molecule has 0 radical (unpaired) electrons. The van der Waals surface area contributed by atoms with Crippen molar-refractivity contribution in [2.24, 2.45) is 5.92 Å². The van der Waals surface area contributed by atoms with Crippen molar-refractivity contribution in [2.45, 2.75) is 39.2 Å².